The maximum Gasteiger partial charge on any atom is 0.273 e. The minimum atomic E-state index is 0.0166. The third-order valence-corrected chi connectivity index (χ3v) is 5.13. The van der Waals surface area contributed by atoms with Crippen molar-refractivity contribution < 1.29 is 14.3 Å². The van der Waals surface area contributed by atoms with Gasteiger partial charge in [-0.3, -0.25) is 9.78 Å². The van der Waals surface area contributed by atoms with Crippen molar-refractivity contribution >= 4 is 17.2 Å². The van der Waals surface area contributed by atoms with Crippen molar-refractivity contribution in [3.63, 3.8) is 0 Å². The first-order valence-corrected chi connectivity index (χ1v) is 8.80. The van der Waals surface area contributed by atoms with Crippen molar-refractivity contribution in [2.45, 2.75) is 32.5 Å². The Labute approximate surface area is 145 Å². The molecule has 1 saturated heterocycles. The Hall–Kier alpha value is -1.99. The molecule has 24 heavy (non-hydrogen) atoms. The molecule has 0 radical (unpaired) electrons. The lowest BCUT2D eigenvalue weighted by Crippen LogP contribution is -2.43. The number of ether oxygens (including phenoxy) is 2. The normalized spacial score (nSPS) is 17.8. The van der Waals surface area contributed by atoms with Crippen molar-refractivity contribution in [1.29, 1.82) is 0 Å². The largest absolute Gasteiger partial charge is 0.473 e. The van der Waals surface area contributed by atoms with E-state index in [4.69, 9.17) is 9.47 Å². The SMILES string of the molecule is COc1nc(C)c(C(=O)N2CCC[C@@H](OCc3cccnc3)C2)s1. The smallest absolute Gasteiger partial charge is 0.273 e. The van der Waals surface area contributed by atoms with Crippen LogP contribution in [0, 0.1) is 6.92 Å². The number of methoxy groups -OCH3 is 1. The molecular weight excluding hydrogens is 326 g/mol. The van der Waals surface area contributed by atoms with Gasteiger partial charge in [0, 0.05) is 25.5 Å². The molecule has 1 atom stereocenters. The number of carbonyl (C=O) groups is 1. The molecule has 0 N–H and O–H groups in total. The van der Waals surface area contributed by atoms with E-state index in [1.165, 1.54) is 11.3 Å². The molecule has 6 nitrogen and oxygen atoms in total. The molecule has 3 rings (SSSR count). The van der Waals surface area contributed by atoms with Crippen LogP contribution in [0.3, 0.4) is 0 Å². The number of amides is 1. The summed E-state index contributed by atoms with van der Waals surface area (Å²) >= 11 is 1.30. The van der Waals surface area contributed by atoms with E-state index in [2.05, 4.69) is 9.97 Å². The predicted molar refractivity (Wildman–Crippen MR) is 91.4 cm³/mol. The van der Waals surface area contributed by atoms with E-state index in [1.54, 1.807) is 19.5 Å². The van der Waals surface area contributed by atoms with Gasteiger partial charge in [0.1, 0.15) is 4.88 Å². The first-order valence-electron chi connectivity index (χ1n) is 7.98. The molecule has 3 heterocycles. The molecule has 0 bridgehead atoms. The van der Waals surface area contributed by atoms with Crippen molar-refractivity contribution in [2.24, 2.45) is 0 Å². The first kappa shape index (κ1) is 16.9. The Morgan fingerprint density at radius 2 is 2.38 bits per heavy atom. The summed E-state index contributed by atoms with van der Waals surface area (Å²) in [7, 11) is 1.57. The molecule has 128 valence electrons. The molecular formula is C17H21N3O3S. The molecule has 0 saturated carbocycles. The molecule has 2 aromatic heterocycles. The van der Waals surface area contributed by atoms with Gasteiger partial charge < -0.3 is 14.4 Å². The van der Waals surface area contributed by atoms with Crippen molar-refractivity contribution in [2.75, 3.05) is 20.2 Å². The summed E-state index contributed by atoms with van der Waals surface area (Å²) in [5.41, 5.74) is 1.77. The lowest BCUT2D eigenvalue weighted by Gasteiger charge is -2.32. The topological polar surface area (TPSA) is 64.5 Å². The van der Waals surface area contributed by atoms with Crippen LogP contribution in [0.2, 0.25) is 0 Å². The monoisotopic (exact) mass is 347 g/mol. The number of nitrogens with zero attached hydrogens (tertiary/aromatic N) is 3. The van der Waals surface area contributed by atoms with E-state index < -0.39 is 0 Å². The summed E-state index contributed by atoms with van der Waals surface area (Å²) in [6.07, 6.45) is 5.51. The van der Waals surface area contributed by atoms with Crippen molar-refractivity contribution in [3.8, 4) is 5.19 Å². The molecule has 0 aliphatic carbocycles. The highest BCUT2D eigenvalue weighted by Crippen LogP contribution is 2.27. The number of thiazole rings is 1. The van der Waals surface area contributed by atoms with Crippen LogP contribution >= 0.6 is 11.3 Å². The number of hydrogen-bond donors (Lipinski definition) is 0. The molecule has 2 aromatic rings. The Balaban J connectivity index is 1.60. The minimum Gasteiger partial charge on any atom is -0.473 e. The number of aryl methyl sites for hydroxylation is 1. The van der Waals surface area contributed by atoms with Crippen LogP contribution in [0.1, 0.15) is 33.8 Å². The fourth-order valence-corrected chi connectivity index (χ4v) is 3.61. The lowest BCUT2D eigenvalue weighted by atomic mass is 10.1. The highest BCUT2D eigenvalue weighted by Gasteiger charge is 2.27. The minimum absolute atomic E-state index is 0.0166. The highest BCUT2D eigenvalue weighted by molar-refractivity contribution is 7.15. The Morgan fingerprint density at radius 1 is 1.50 bits per heavy atom. The summed E-state index contributed by atoms with van der Waals surface area (Å²) in [4.78, 5) is 23.6. The summed E-state index contributed by atoms with van der Waals surface area (Å²) < 4.78 is 11.1. The number of hydrogen-bond acceptors (Lipinski definition) is 6. The molecule has 1 aliphatic rings. The third-order valence-electron chi connectivity index (χ3n) is 4.02. The molecule has 0 spiro atoms. The second kappa shape index (κ2) is 7.72. The Bertz CT molecular complexity index is 690. The van der Waals surface area contributed by atoms with Gasteiger partial charge in [-0.2, -0.15) is 0 Å². The van der Waals surface area contributed by atoms with Crippen LogP contribution in [-0.4, -0.2) is 47.1 Å². The molecule has 0 unspecified atom stereocenters. The van der Waals surface area contributed by atoms with Crippen molar-refractivity contribution in [3.05, 3.63) is 40.7 Å². The second-order valence-electron chi connectivity index (χ2n) is 5.79. The van der Waals surface area contributed by atoms with Gasteiger partial charge in [0.05, 0.1) is 25.5 Å². The highest BCUT2D eigenvalue weighted by atomic mass is 32.1. The molecule has 0 aromatic carbocycles. The zero-order chi connectivity index (χ0) is 16.9. The number of pyridine rings is 1. The summed E-state index contributed by atoms with van der Waals surface area (Å²) in [6, 6.07) is 3.89. The van der Waals surface area contributed by atoms with E-state index >= 15 is 0 Å². The van der Waals surface area contributed by atoms with Gasteiger partial charge in [0.2, 0.25) is 0 Å². The number of likely N-dealkylation sites (tertiary alicyclic amines) is 1. The average molecular weight is 347 g/mol. The number of rotatable bonds is 5. The predicted octanol–water partition coefficient (Wildman–Crippen LogP) is 2.68. The summed E-state index contributed by atoms with van der Waals surface area (Å²) in [6.45, 7) is 3.73. The fraction of sp³-hybridized carbons (Fsp3) is 0.471. The van der Waals surface area contributed by atoms with Crippen LogP contribution < -0.4 is 4.74 Å². The van der Waals surface area contributed by atoms with Crippen molar-refractivity contribution in [1.82, 2.24) is 14.9 Å². The van der Waals surface area contributed by atoms with E-state index in [-0.39, 0.29) is 12.0 Å². The maximum atomic E-state index is 12.7. The summed E-state index contributed by atoms with van der Waals surface area (Å²) in [5.74, 6) is 0.0166. The van der Waals surface area contributed by atoms with Gasteiger partial charge in [-0.1, -0.05) is 17.4 Å². The van der Waals surface area contributed by atoms with Crippen LogP contribution in [-0.2, 0) is 11.3 Å². The van der Waals surface area contributed by atoms with Gasteiger partial charge in [-0.25, -0.2) is 4.98 Å². The zero-order valence-corrected chi connectivity index (χ0v) is 14.7. The molecule has 1 amide bonds. The third kappa shape index (κ3) is 3.91. The van der Waals surface area contributed by atoms with E-state index in [0.29, 0.717) is 23.2 Å². The number of piperidine rings is 1. The van der Waals surface area contributed by atoms with E-state index in [1.807, 2.05) is 24.0 Å². The fourth-order valence-electron chi connectivity index (χ4n) is 2.76. The van der Waals surface area contributed by atoms with Gasteiger partial charge in [0.15, 0.2) is 0 Å². The second-order valence-corrected chi connectivity index (χ2v) is 6.75. The van der Waals surface area contributed by atoms with Gasteiger partial charge in [-0.05, 0) is 31.4 Å². The van der Waals surface area contributed by atoms with Gasteiger partial charge in [-0.15, -0.1) is 0 Å². The van der Waals surface area contributed by atoms with E-state index in [0.717, 1.165) is 30.6 Å². The standard InChI is InChI=1S/C17H21N3O3S/c1-12-15(24-17(19-12)22-2)16(21)20-8-4-6-14(10-20)23-11-13-5-3-7-18-9-13/h3,5,7,9,14H,4,6,8,10-11H2,1-2H3/t14-/m1/s1. The van der Waals surface area contributed by atoms with Gasteiger partial charge >= 0.3 is 0 Å². The number of aromatic nitrogens is 2. The summed E-state index contributed by atoms with van der Waals surface area (Å²) in [5, 5.41) is 0.525. The molecule has 7 heteroatoms. The maximum absolute atomic E-state index is 12.7. The van der Waals surface area contributed by atoms with Crippen LogP contribution in [0.15, 0.2) is 24.5 Å². The Morgan fingerprint density at radius 3 is 3.08 bits per heavy atom. The van der Waals surface area contributed by atoms with Crippen LogP contribution in [0.5, 0.6) is 5.19 Å². The number of carbonyl (C=O) groups excluding carboxylic acids is 1. The van der Waals surface area contributed by atoms with E-state index in [9.17, 15) is 4.79 Å². The van der Waals surface area contributed by atoms with Crippen LogP contribution in [0.4, 0.5) is 0 Å². The van der Waals surface area contributed by atoms with Crippen LogP contribution in [0.25, 0.3) is 0 Å². The molecule has 1 aliphatic heterocycles. The zero-order valence-electron chi connectivity index (χ0n) is 13.9. The quantitative estimate of drug-likeness (QED) is 0.832. The first-order chi connectivity index (χ1) is 11.7. The van der Waals surface area contributed by atoms with Gasteiger partial charge in [0.25, 0.3) is 11.1 Å². The average Bonchev–Trinajstić information content (AvgIpc) is 3.01. The Kier molecular flexibility index (Phi) is 5.42. The lowest BCUT2D eigenvalue weighted by molar-refractivity contribution is -0.00670. The molecule has 1 fully saturated rings.